The highest BCUT2D eigenvalue weighted by molar-refractivity contribution is 7.16. The highest BCUT2D eigenvalue weighted by Crippen LogP contribution is 2.40. The van der Waals surface area contributed by atoms with Gasteiger partial charge in [-0.2, -0.15) is 0 Å². The fourth-order valence-corrected chi connectivity index (χ4v) is 3.63. The molecule has 0 saturated carbocycles. The highest BCUT2D eigenvalue weighted by Gasteiger charge is 2.33. The van der Waals surface area contributed by atoms with Crippen LogP contribution in [-0.2, 0) is 6.42 Å². The number of ketones is 1. The molecule has 1 aliphatic carbocycles. The summed E-state index contributed by atoms with van der Waals surface area (Å²) in [6.45, 7) is 6.41. The summed E-state index contributed by atoms with van der Waals surface area (Å²) in [6.07, 6.45) is 2.08. The first-order chi connectivity index (χ1) is 7.56. The van der Waals surface area contributed by atoms with Crippen LogP contribution in [0.3, 0.4) is 0 Å². The number of carbonyl (C=O) groups excluding carboxylic acids is 1. The Labute approximate surface area is 101 Å². The zero-order chi connectivity index (χ0) is 11.9. The molecule has 88 valence electrons. The van der Waals surface area contributed by atoms with Crippen LogP contribution in [0.5, 0.6) is 0 Å². The number of hydrogen-bond donors (Lipinski definition) is 1. The fourth-order valence-electron chi connectivity index (χ4n) is 2.57. The Balaban J connectivity index is 2.47. The number of carbonyl (C=O) groups is 1. The lowest BCUT2D eigenvalue weighted by Crippen LogP contribution is -2.26. The van der Waals surface area contributed by atoms with Gasteiger partial charge < -0.3 is 5.32 Å². The van der Waals surface area contributed by atoms with E-state index in [9.17, 15) is 4.79 Å². The van der Waals surface area contributed by atoms with E-state index in [4.69, 9.17) is 0 Å². The minimum atomic E-state index is 0.216. The maximum atomic E-state index is 12.4. The van der Waals surface area contributed by atoms with Gasteiger partial charge in [-0.05, 0) is 31.2 Å². The minimum absolute atomic E-state index is 0.216. The molecule has 0 fully saturated rings. The van der Waals surface area contributed by atoms with Crippen LogP contribution in [0, 0.1) is 18.8 Å². The van der Waals surface area contributed by atoms with Crippen molar-refractivity contribution in [2.75, 3.05) is 12.4 Å². The third-order valence-electron chi connectivity index (χ3n) is 3.53. The van der Waals surface area contributed by atoms with Crippen LogP contribution in [0.25, 0.3) is 0 Å². The van der Waals surface area contributed by atoms with Gasteiger partial charge in [0.25, 0.3) is 0 Å². The molecule has 0 amide bonds. The van der Waals surface area contributed by atoms with E-state index in [0.29, 0.717) is 11.7 Å². The smallest absolute Gasteiger partial charge is 0.169 e. The Morgan fingerprint density at radius 2 is 2.12 bits per heavy atom. The molecule has 3 heteroatoms. The predicted octanol–water partition coefficient (Wildman–Crippen LogP) is 3.50. The molecule has 0 saturated heterocycles. The number of anilines is 1. The first kappa shape index (κ1) is 11.6. The molecule has 2 rings (SSSR count). The van der Waals surface area contributed by atoms with Crippen LogP contribution in [0.2, 0.25) is 0 Å². The molecule has 1 aliphatic rings. The molecular weight excluding hydrogens is 218 g/mol. The van der Waals surface area contributed by atoms with Gasteiger partial charge >= 0.3 is 0 Å². The Bertz CT molecular complexity index is 420. The van der Waals surface area contributed by atoms with E-state index in [0.717, 1.165) is 23.4 Å². The summed E-state index contributed by atoms with van der Waals surface area (Å²) in [7, 11) is 1.90. The van der Waals surface area contributed by atoms with E-state index >= 15 is 0 Å². The van der Waals surface area contributed by atoms with Gasteiger partial charge in [0.05, 0.1) is 10.6 Å². The monoisotopic (exact) mass is 237 g/mol. The molecule has 1 atom stereocenters. The van der Waals surface area contributed by atoms with Crippen LogP contribution in [0.15, 0.2) is 0 Å². The molecule has 1 aromatic heterocycles. The second-order valence-electron chi connectivity index (χ2n) is 4.84. The number of hydrogen-bond acceptors (Lipinski definition) is 3. The van der Waals surface area contributed by atoms with Crippen molar-refractivity contribution in [1.29, 1.82) is 0 Å². The van der Waals surface area contributed by atoms with Gasteiger partial charge in [-0.1, -0.05) is 13.8 Å². The van der Waals surface area contributed by atoms with Crippen LogP contribution >= 0.6 is 11.3 Å². The van der Waals surface area contributed by atoms with Gasteiger partial charge in [0.15, 0.2) is 5.78 Å². The third-order valence-corrected chi connectivity index (χ3v) is 4.69. The summed E-state index contributed by atoms with van der Waals surface area (Å²) in [5.74, 6) is 1.02. The molecule has 1 heterocycles. The van der Waals surface area contributed by atoms with E-state index in [1.807, 2.05) is 7.05 Å². The van der Waals surface area contributed by atoms with Crippen LogP contribution in [0.1, 0.15) is 41.1 Å². The Morgan fingerprint density at radius 1 is 1.44 bits per heavy atom. The summed E-state index contributed by atoms with van der Waals surface area (Å²) in [4.78, 5) is 13.7. The first-order valence-corrected chi connectivity index (χ1v) is 6.72. The molecule has 0 spiro atoms. The number of thiophene rings is 1. The van der Waals surface area contributed by atoms with Gasteiger partial charge in [0, 0.05) is 17.8 Å². The SMILES string of the molecule is CNc1sc(C)c2c1C(=O)C(C(C)C)CC2. The van der Waals surface area contributed by atoms with Gasteiger partial charge in [-0.25, -0.2) is 0 Å². The fraction of sp³-hybridized carbons (Fsp3) is 0.615. The van der Waals surface area contributed by atoms with Crippen molar-refractivity contribution in [3.63, 3.8) is 0 Å². The molecule has 0 aliphatic heterocycles. The highest BCUT2D eigenvalue weighted by atomic mass is 32.1. The average molecular weight is 237 g/mol. The standard InChI is InChI=1S/C13H19NOS/c1-7(2)9-5-6-10-8(3)16-13(14-4)11(10)12(9)15/h7,9,14H,5-6H2,1-4H3. The van der Waals surface area contributed by atoms with Crippen molar-refractivity contribution in [3.8, 4) is 0 Å². The predicted molar refractivity (Wildman–Crippen MR) is 69.6 cm³/mol. The minimum Gasteiger partial charge on any atom is -0.379 e. The number of nitrogens with one attached hydrogen (secondary N) is 1. The zero-order valence-electron chi connectivity index (χ0n) is 10.4. The summed E-state index contributed by atoms with van der Waals surface area (Å²) >= 11 is 1.72. The summed E-state index contributed by atoms with van der Waals surface area (Å²) < 4.78 is 0. The van der Waals surface area contributed by atoms with Crippen LogP contribution in [-0.4, -0.2) is 12.8 Å². The van der Waals surface area contributed by atoms with E-state index in [1.165, 1.54) is 10.4 Å². The molecule has 16 heavy (non-hydrogen) atoms. The molecular formula is C13H19NOS. The maximum absolute atomic E-state index is 12.4. The lowest BCUT2D eigenvalue weighted by Gasteiger charge is -2.25. The van der Waals surface area contributed by atoms with Crippen molar-refractivity contribution in [2.24, 2.45) is 11.8 Å². The first-order valence-electron chi connectivity index (χ1n) is 5.90. The van der Waals surface area contributed by atoms with Crippen molar-refractivity contribution in [1.82, 2.24) is 0 Å². The number of aryl methyl sites for hydroxylation is 1. The quantitative estimate of drug-likeness (QED) is 0.853. The second-order valence-corrected chi connectivity index (χ2v) is 6.07. The van der Waals surface area contributed by atoms with Gasteiger partial charge in [-0.15, -0.1) is 11.3 Å². The summed E-state index contributed by atoms with van der Waals surface area (Å²) in [6, 6.07) is 0. The van der Waals surface area contributed by atoms with Crippen molar-refractivity contribution in [2.45, 2.75) is 33.6 Å². The molecule has 0 aromatic carbocycles. The molecule has 1 N–H and O–H groups in total. The van der Waals surface area contributed by atoms with E-state index in [-0.39, 0.29) is 5.92 Å². The summed E-state index contributed by atoms with van der Waals surface area (Å²) in [5, 5.41) is 4.22. The molecule has 2 nitrogen and oxygen atoms in total. The van der Waals surface area contributed by atoms with Crippen molar-refractivity contribution < 1.29 is 4.79 Å². The molecule has 1 unspecified atom stereocenters. The topological polar surface area (TPSA) is 29.1 Å². The maximum Gasteiger partial charge on any atom is 0.169 e. The molecule has 0 bridgehead atoms. The molecule has 0 radical (unpaired) electrons. The number of rotatable bonds is 2. The average Bonchev–Trinajstić information content (AvgIpc) is 2.56. The van der Waals surface area contributed by atoms with Gasteiger partial charge in [0.2, 0.25) is 0 Å². The Morgan fingerprint density at radius 3 is 2.69 bits per heavy atom. The van der Waals surface area contributed by atoms with Gasteiger partial charge in [-0.3, -0.25) is 4.79 Å². The number of Topliss-reactive ketones (excluding diaryl/α,β-unsaturated/α-hetero) is 1. The molecule has 1 aromatic rings. The number of fused-ring (bicyclic) bond motifs is 1. The Kier molecular flexibility index (Phi) is 3.06. The van der Waals surface area contributed by atoms with Crippen molar-refractivity contribution in [3.05, 3.63) is 16.0 Å². The zero-order valence-corrected chi connectivity index (χ0v) is 11.2. The Hall–Kier alpha value is -0.830. The van der Waals surface area contributed by atoms with E-state index in [2.05, 4.69) is 26.1 Å². The van der Waals surface area contributed by atoms with Crippen LogP contribution in [0.4, 0.5) is 5.00 Å². The third kappa shape index (κ3) is 1.67. The summed E-state index contributed by atoms with van der Waals surface area (Å²) in [5.41, 5.74) is 2.27. The lowest BCUT2D eigenvalue weighted by atomic mass is 9.78. The lowest BCUT2D eigenvalue weighted by molar-refractivity contribution is 0.0866. The second kappa shape index (κ2) is 4.21. The normalized spacial score (nSPS) is 20.1. The van der Waals surface area contributed by atoms with E-state index < -0.39 is 0 Å². The van der Waals surface area contributed by atoms with E-state index in [1.54, 1.807) is 11.3 Å². The van der Waals surface area contributed by atoms with Gasteiger partial charge in [0.1, 0.15) is 0 Å². The van der Waals surface area contributed by atoms with Crippen molar-refractivity contribution >= 4 is 22.1 Å². The van der Waals surface area contributed by atoms with Crippen LogP contribution < -0.4 is 5.32 Å². The largest absolute Gasteiger partial charge is 0.379 e.